The standard InChI is InChI=1S/C11H12ClNO/c12-11-5-4-10(8-14)9(7-11)3-1-2-6-13/h1,3-5,7-8H,2,6,13H2. The quantitative estimate of drug-likeness (QED) is 0.775. The number of carbonyl (C=O) groups is 1. The molecule has 74 valence electrons. The topological polar surface area (TPSA) is 43.1 Å². The van der Waals surface area contributed by atoms with Gasteiger partial charge in [0.2, 0.25) is 0 Å². The lowest BCUT2D eigenvalue weighted by Gasteiger charge is -1.99. The molecule has 1 aromatic carbocycles. The molecule has 0 fully saturated rings. The monoisotopic (exact) mass is 209 g/mol. The summed E-state index contributed by atoms with van der Waals surface area (Å²) in [5, 5.41) is 0.628. The molecule has 0 spiro atoms. The van der Waals surface area contributed by atoms with Crippen LogP contribution in [0.4, 0.5) is 0 Å². The molecule has 0 amide bonds. The highest BCUT2D eigenvalue weighted by Crippen LogP contribution is 2.16. The molecule has 0 aliphatic heterocycles. The summed E-state index contributed by atoms with van der Waals surface area (Å²) in [6.07, 6.45) is 5.41. The van der Waals surface area contributed by atoms with Crippen molar-refractivity contribution < 1.29 is 4.79 Å². The molecule has 0 heterocycles. The molecule has 0 atom stereocenters. The maximum Gasteiger partial charge on any atom is 0.150 e. The van der Waals surface area contributed by atoms with Gasteiger partial charge in [-0.15, -0.1) is 0 Å². The molecule has 0 saturated carbocycles. The average Bonchev–Trinajstić information content (AvgIpc) is 2.19. The van der Waals surface area contributed by atoms with Crippen LogP contribution in [0.5, 0.6) is 0 Å². The van der Waals surface area contributed by atoms with Crippen LogP contribution in [0.2, 0.25) is 5.02 Å². The van der Waals surface area contributed by atoms with E-state index in [1.807, 2.05) is 12.2 Å². The lowest BCUT2D eigenvalue weighted by molar-refractivity contribution is 0.112. The number of nitrogens with two attached hydrogens (primary N) is 1. The van der Waals surface area contributed by atoms with Crippen molar-refractivity contribution in [2.24, 2.45) is 5.73 Å². The van der Waals surface area contributed by atoms with E-state index in [-0.39, 0.29) is 0 Å². The molecule has 1 aromatic rings. The Bertz CT molecular complexity index is 347. The van der Waals surface area contributed by atoms with Crippen molar-refractivity contribution in [1.82, 2.24) is 0 Å². The van der Waals surface area contributed by atoms with Crippen molar-refractivity contribution in [1.29, 1.82) is 0 Å². The number of halogens is 1. The number of carbonyl (C=O) groups excluding carboxylic acids is 1. The van der Waals surface area contributed by atoms with Crippen molar-refractivity contribution >= 4 is 24.0 Å². The van der Waals surface area contributed by atoms with E-state index in [0.29, 0.717) is 17.1 Å². The van der Waals surface area contributed by atoms with E-state index < -0.39 is 0 Å². The van der Waals surface area contributed by atoms with Crippen LogP contribution < -0.4 is 5.73 Å². The van der Waals surface area contributed by atoms with Gasteiger partial charge in [0.15, 0.2) is 6.29 Å². The first-order valence-electron chi connectivity index (χ1n) is 4.39. The third-order valence-corrected chi connectivity index (χ3v) is 2.04. The molecule has 0 aliphatic carbocycles. The molecule has 2 N–H and O–H groups in total. The minimum Gasteiger partial charge on any atom is -0.330 e. The van der Waals surface area contributed by atoms with Gasteiger partial charge < -0.3 is 5.73 Å². The number of rotatable bonds is 4. The predicted octanol–water partition coefficient (Wildman–Crippen LogP) is 2.51. The van der Waals surface area contributed by atoms with E-state index in [9.17, 15) is 4.79 Å². The zero-order valence-corrected chi connectivity index (χ0v) is 8.50. The van der Waals surface area contributed by atoms with E-state index in [4.69, 9.17) is 17.3 Å². The Hall–Kier alpha value is -1.12. The molecule has 14 heavy (non-hydrogen) atoms. The molecule has 0 aromatic heterocycles. The smallest absolute Gasteiger partial charge is 0.150 e. The van der Waals surface area contributed by atoms with Crippen molar-refractivity contribution in [3.63, 3.8) is 0 Å². The second kappa shape index (κ2) is 5.58. The molecule has 0 unspecified atom stereocenters. The van der Waals surface area contributed by atoms with Crippen LogP contribution in [0.1, 0.15) is 22.3 Å². The SMILES string of the molecule is NCCC=Cc1cc(Cl)ccc1C=O. The van der Waals surface area contributed by atoms with E-state index >= 15 is 0 Å². The molecule has 1 rings (SSSR count). The normalized spacial score (nSPS) is 10.7. The van der Waals surface area contributed by atoms with Gasteiger partial charge in [0.05, 0.1) is 0 Å². The summed E-state index contributed by atoms with van der Waals surface area (Å²) in [5.41, 5.74) is 6.82. The van der Waals surface area contributed by atoms with Crippen LogP contribution in [0.15, 0.2) is 24.3 Å². The molecular formula is C11H12ClNO. The Kier molecular flexibility index (Phi) is 4.36. The summed E-state index contributed by atoms with van der Waals surface area (Å²) in [6, 6.07) is 5.17. The van der Waals surface area contributed by atoms with E-state index in [1.54, 1.807) is 18.2 Å². The van der Waals surface area contributed by atoms with Gasteiger partial charge in [0.1, 0.15) is 0 Å². The van der Waals surface area contributed by atoms with E-state index in [1.165, 1.54) is 0 Å². The summed E-state index contributed by atoms with van der Waals surface area (Å²) in [7, 11) is 0. The number of benzene rings is 1. The fraction of sp³-hybridized carbons (Fsp3) is 0.182. The lowest BCUT2D eigenvalue weighted by atomic mass is 10.1. The lowest BCUT2D eigenvalue weighted by Crippen LogP contribution is -1.95. The van der Waals surface area contributed by atoms with Crippen LogP contribution in [-0.4, -0.2) is 12.8 Å². The van der Waals surface area contributed by atoms with Crippen LogP contribution in [0, 0.1) is 0 Å². The minimum absolute atomic E-state index is 0.605. The summed E-state index contributed by atoms with van der Waals surface area (Å²) in [5.74, 6) is 0. The third kappa shape index (κ3) is 2.98. The first-order chi connectivity index (χ1) is 6.77. The van der Waals surface area contributed by atoms with Crippen LogP contribution >= 0.6 is 11.6 Å². The molecule has 0 aliphatic rings. The summed E-state index contributed by atoms with van der Waals surface area (Å²) in [4.78, 5) is 10.7. The van der Waals surface area contributed by atoms with Gasteiger partial charge in [-0.2, -0.15) is 0 Å². The van der Waals surface area contributed by atoms with Crippen LogP contribution in [-0.2, 0) is 0 Å². The highest BCUT2D eigenvalue weighted by atomic mass is 35.5. The highest BCUT2D eigenvalue weighted by Gasteiger charge is 1.98. The van der Waals surface area contributed by atoms with Crippen LogP contribution in [0.3, 0.4) is 0 Å². The number of hydrogen-bond acceptors (Lipinski definition) is 2. The van der Waals surface area contributed by atoms with Gasteiger partial charge in [0, 0.05) is 10.6 Å². The van der Waals surface area contributed by atoms with Gasteiger partial charge in [-0.1, -0.05) is 23.8 Å². The molecule has 3 heteroatoms. The minimum atomic E-state index is 0.605. The van der Waals surface area contributed by atoms with Gasteiger partial charge >= 0.3 is 0 Å². The van der Waals surface area contributed by atoms with Crippen molar-refractivity contribution in [3.05, 3.63) is 40.4 Å². The third-order valence-electron chi connectivity index (χ3n) is 1.81. The maximum atomic E-state index is 10.7. The molecule has 0 radical (unpaired) electrons. The largest absolute Gasteiger partial charge is 0.330 e. The zero-order chi connectivity index (χ0) is 10.4. The maximum absolute atomic E-state index is 10.7. The predicted molar refractivity (Wildman–Crippen MR) is 59.5 cm³/mol. The average molecular weight is 210 g/mol. The summed E-state index contributed by atoms with van der Waals surface area (Å²) < 4.78 is 0. The van der Waals surface area contributed by atoms with Crippen molar-refractivity contribution in [3.8, 4) is 0 Å². The Morgan fingerprint density at radius 3 is 2.79 bits per heavy atom. The van der Waals surface area contributed by atoms with Crippen LogP contribution in [0.25, 0.3) is 6.08 Å². The second-order valence-electron chi connectivity index (χ2n) is 2.87. The second-order valence-corrected chi connectivity index (χ2v) is 3.31. The fourth-order valence-corrected chi connectivity index (χ4v) is 1.28. The number of hydrogen-bond donors (Lipinski definition) is 1. The Morgan fingerprint density at radius 2 is 2.14 bits per heavy atom. The molecule has 2 nitrogen and oxygen atoms in total. The summed E-state index contributed by atoms with van der Waals surface area (Å²) in [6.45, 7) is 0.605. The van der Waals surface area contributed by atoms with Gasteiger partial charge in [-0.25, -0.2) is 0 Å². The Morgan fingerprint density at radius 1 is 1.36 bits per heavy atom. The van der Waals surface area contributed by atoms with E-state index in [2.05, 4.69) is 0 Å². The highest BCUT2D eigenvalue weighted by molar-refractivity contribution is 6.30. The fourth-order valence-electron chi connectivity index (χ4n) is 1.10. The Balaban J connectivity index is 2.92. The van der Waals surface area contributed by atoms with Gasteiger partial charge in [-0.3, -0.25) is 4.79 Å². The molecule has 0 bridgehead atoms. The zero-order valence-electron chi connectivity index (χ0n) is 7.74. The number of aldehydes is 1. The Labute approximate surface area is 88.4 Å². The molecule has 0 saturated heterocycles. The van der Waals surface area contributed by atoms with E-state index in [0.717, 1.165) is 18.3 Å². The summed E-state index contributed by atoms with van der Waals surface area (Å²) >= 11 is 5.81. The first kappa shape index (κ1) is 11.0. The van der Waals surface area contributed by atoms with Gasteiger partial charge in [-0.05, 0) is 36.7 Å². The first-order valence-corrected chi connectivity index (χ1v) is 4.77. The van der Waals surface area contributed by atoms with Gasteiger partial charge in [0.25, 0.3) is 0 Å². The molecular weight excluding hydrogens is 198 g/mol. The van der Waals surface area contributed by atoms with Crippen molar-refractivity contribution in [2.45, 2.75) is 6.42 Å². The van der Waals surface area contributed by atoms with Crippen molar-refractivity contribution in [2.75, 3.05) is 6.54 Å².